The smallest absolute Gasteiger partial charge is 0.422 e. The summed E-state index contributed by atoms with van der Waals surface area (Å²) in [7, 11) is -1.59. The average molecular weight is 204 g/mol. The summed E-state index contributed by atoms with van der Waals surface area (Å²) in [5, 5.41) is 22.0. The van der Waals surface area contributed by atoms with Gasteiger partial charge in [0.25, 0.3) is 0 Å². The molecule has 0 aliphatic carbocycles. The first kappa shape index (κ1) is 9.82. The van der Waals surface area contributed by atoms with Crippen LogP contribution in [0.5, 0.6) is 0 Å². The minimum Gasteiger partial charge on any atom is -0.422 e. The minimum atomic E-state index is -1.59. The van der Waals surface area contributed by atoms with Crippen LogP contribution in [0.3, 0.4) is 0 Å². The van der Waals surface area contributed by atoms with Crippen molar-refractivity contribution in [2.24, 2.45) is 0 Å². The fraction of sp³-hybridized carbons (Fsp3) is 0.125. The highest BCUT2D eigenvalue weighted by atomic mass is 16.4. The molecule has 0 aromatic carbocycles. The van der Waals surface area contributed by atoms with Gasteiger partial charge in [0.15, 0.2) is 0 Å². The van der Waals surface area contributed by atoms with Gasteiger partial charge in [-0.3, -0.25) is 0 Å². The van der Waals surface area contributed by atoms with E-state index in [2.05, 4.69) is 15.1 Å². The van der Waals surface area contributed by atoms with Gasteiger partial charge < -0.3 is 10.0 Å². The van der Waals surface area contributed by atoms with Crippen molar-refractivity contribution in [1.82, 2.24) is 19.7 Å². The molecule has 76 valence electrons. The lowest BCUT2D eigenvalue weighted by Crippen LogP contribution is -2.33. The molecular weight excluding hydrogens is 195 g/mol. The summed E-state index contributed by atoms with van der Waals surface area (Å²) in [4.78, 5) is 7.92. The van der Waals surface area contributed by atoms with Crippen molar-refractivity contribution in [3.63, 3.8) is 0 Å². The fourth-order valence-corrected chi connectivity index (χ4v) is 1.14. The van der Waals surface area contributed by atoms with Crippen LogP contribution < -0.4 is 5.59 Å². The largest absolute Gasteiger partial charge is 0.508 e. The van der Waals surface area contributed by atoms with Crippen LogP contribution >= 0.6 is 0 Å². The third-order valence-electron chi connectivity index (χ3n) is 1.86. The number of nitrogens with zero attached hydrogens (tertiary/aromatic N) is 4. The van der Waals surface area contributed by atoms with Crippen molar-refractivity contribution in [2.75, 3.05) is 0 Å². The number of hydrogen-bond donors (Lipinski definition) is 2. The highest BCUT2D eigenvalue weighted by Crippen LogP contribution is 1.98. The molecule has 0 aliphatic heterocycles. The van der Waals surface area contributed by atoms with E-state index >= 15 is 0 Å². The van der Waals surface area contributed by atoms with E-state index in [9.17, 15) is 0 Å². The molecule has 2 rings (SSSR count). The van der Waals surface area contributed by atoms with E-state index in [0.29, 0.717) is 5.95 Å². The highest BCUT2D eigenvalue weighted by Gasteiger charge is 2.14. The maximum Gasteiger partial charge on any atom is 0.508 e. The molecule has 7 heteroatoms. The molecule has 0 aliphatic rings. The molecule has 2 N–H and O–H groups in total. The van der Waals surface area contributed by atoms with Crippen molar-refractivity contribution in [3.05, 3.63) is 30.2 Å². The van der Waals surface area contributed by atoms with Crippen LogP contribution in [0.1, 0.15) is 5.69 Å². The summed E-state index contributed by atoms with van der Waals surface area (Å²) < 4.78 is 1.47. The minimum absolute atomic E-state index is 0.146. The topological polar surface area (TPSA) is 84.1 Å². The van der Waals surface area contributed by atoms with Crippen molar-refractivity contribution in [1.29, 1.82) is 0 Å². The van der Waals surface area contributed by atoms with E-state index in [-0.39, 0.29) is 5.59 Å². The van der Waals surface area contributed by atoms with Gasteiger partial charge in [0, 0.05) is 12.4 Å². The Labute approximate surface area is 86.4 Å². The summed E-state index contributed by atoms with van der Waals surface area (Å²) >= 11 is 0. The lowest BCUT2D eigenvalue weighted by atomic mass is 9.86. The van der Waals surface area contributed by atoms with Crippen LogP contribution in [-0.4, -0.2) is 36.9 Å². The summed E-state index contributed by atoms with van der Waals surface area (Å²) in [6, 6.07) is 3.25. The molecule has 0 fully saturated rings. The number of aryl methyl sites for hydroxylation is 1. The van der Waals surface area contributed by atoms with Crippen LogP contribution in [0.25, 0.3) is 5.95 Å². The van der Waals surface area contributed by atoms with Crippen LogP contribution in [0, 0.1) is 6.92 Å². The summed E-state index contributed by atoms with van der Waals surface area (Å²) in [6.45, 7) is 1.85. The quantitative estimate of drug-likeness (QED) is 0.591. The molecule has 2 aromatic heterocycles. The summed E-state index contributed by atoms with van der Waals surface area (Å²) in [6.07, 6.45) is 3.16. The number of aromatic nitrogens is 4. The predicted molar refractivity (Wildman–Crippen MR) is 53.7 cm³/mol. The van der Waals surface area contributed by atoms with Crippen LogP contribution in [0.4, 0.5) is 0 Å². The van der Waals surface area contributed by atoms with E-state index in [1.165, 1.54) is 16.9 Å². The lowest BCUT2D eigenvalue weighted by Gasteiger charge is -2.01. The van der Waals surface area contributed by atoms with Gasteiger partial charge in [-0.1, -0.05) is 0 Å². The molecule has 0 atom stereocenters. The van der Waals surface area contributed by atoms with Gasteiger partial charge in [0.05, 0.1) is 11.3 Å². The lowest BCUT2D eigenvalue weighted by molar-refractivity contribution is 0.424. The Bertz CT molecular complexity index is 471. The molecule has 2 heterocycles. The Balaban J connectivity index is 2.41. The first-order valence-electron chi connectivity index (χ1n) is 4.38. The first-order chi connectivity index (χ1) is 7.16. The number of hydrogen-bond acceptors (Lipinski definition) is 5. The molecule has 0 amide bonds. The van der Waals surface area contributed by atoms with Gasteiger partial charge in [-0.25, -0.2) is 14.6 Å². The Morgan fingerprint density at radius 2 is 2.13 bits per heavy atom. The van der Waals surface area contributed by atoms with E-state index in [1.807, 2.05) is 13.0 Å². The van der Waals surface area contributed by atoms with E-state index < -0.39 is 7.12 Å². The van der Waals surface area contributed by atoms with Crippen LogP contribution in [-0.2, 0) is 0 Å². The molecule has 0 spiro atoms. The molecule has 0 saturated heterocycles. The molecule has 0 saturated carbocycles. The molecule has 0 radical (unpaired) electrons. The zero-order valence-corrected chi connectivity index (χ0v) is 8.07. The van der Waals surface area contributed by atoms with Crippen molar-refractivity contribution < 1.29 is 10.0 Å². The third-order valence-corrected chi connectivity index (χ3v) is 1.86. The second-order valence-corrected chi connectivity index (χ2v) is 3.06. The number of rotatable bonds is 2. The normalized spacial score (nSPS) is 10.3. The Morgan fingerprint density at radius 1 is 1.33 bits per heavy atom. The fourth-order valence-electron chi connectivity index (χ4n) is 1.14. The van der Waals surface area contributed by atoms with Crippen molar-refractivity contribution in [2.45, 2.75) is 6.92 Å². The highest BCUT2D eigenvalue weighted by molar-refractivity contribution is 6.57. The Morgan fingerprint density at radius 3 is 2.73 bits per heavy atom. The van der Waals surface area contributed by atoms with Gasteiger partial charge in [-0.15, -0.1) is 0 Å². The standard InChI is InChI=1S/C8H9BN4O2/c1-6-3-5-13(12-6)8-10-4-2-7(11-8)9(14)15/h2-5,14-15H,1H3. The molecule has 15 heavy (non-hydrogen) atoms. The SMILES string of the molecule is Cc1ccn(-c2nccc(B(O)O)n2)n1. The molecule has 6 nitrogen and oxygen atoms in total. The second-order valence-electron chi connectivity index (χ2n) is 3.06. The maximum atomic E-state index is 8.94. The summed E-state index contributed by atoms with van der Waals surface area (Å²) in [5.74, 6) is 0.314. The van der Waals surface area contributed by atoms with Gasteiger partial charge in [0.2, 0.25) is 5.95 Å². The zero-order valence-electron chi connectivity index (χ0n) is 8.07. The van der Waals surface area contributed by atoms with Gasteiger partial charge in [-0.2, -0.15) is 5.10 Å². The van der Waals surface area contributed by atoms with Crippen molar-refractivity contribution >= 4 is 12.7 Å². The van der Waals surface area contributed by atoms with E-state index in [0.717, 1.165) is 5.69 Å². The van der Waals surface area contributed by atoms with Gasteiger partial charge >= 0.3 is 7.12 Å². The molecule has 0 bridgehead atoms. The second kappa shape index (κ2) is 3.80. The third kappa shape index (κ3) is 2.03. The molecular formula is C8H9BN4O2. The van der Waals surface area contributed by atoms with E-state index in [1.54, 1.807) is 6.20 Å². The molecule has 0 unspecified atom stereocenters. The first-order valence-corrected chi connectivity index (χ1v) is 4.38. The average Bonchev–Trinajstić information content (AvgIpc) is 2.65. The van der Waals surface area contributed by atoms with Crippen LogP contribution in [0.15, 0.2) is 24.5 Å². The molecule has 2 aromatic rings. The maximum absolute atomic E-state index is 8.94. The van der Waals surface area contributed by atoms with Crippen LogP contribution in [0.2, 0.25) is 0 Å². The van der Waals surface area contributed by atoms with Gasteiger partial charge in [-0.05, 0) is 19.1 Å². The van der Waals surface area contributed by atoms with Gasteiger partial charge in [0.1, 0.15) is 0 Å². The van der Waals surface area contributed by atoms with E-state index in [4.69, 9.17) is 10.0 Å². The van der Waals surface area contributed by atoms with Crippen molar-refractivity contribution in [3.8, 4) is 5.95 Å². The predicted octanol–water partition coefficient (Wildman–Crippen LogP) is -1.35. The monoisotopic (exact) mass is 204 g/mol. The summed E-state index contributed by atoms with van der Waals surface area (Å²) in [5.41, 5.74) is 0.988. The zero-order chi connectivity index (χ0) is 10.8. The Hall–Kier alpha value is -1.73. The Kier molecular flexibility index (Phi) is 2.48.